The zero-order chi connectivity index (χ0) is 14.5. The Kier molecular flexibility index (Phi) is 6.17. The van der Waals surface area contributed by atoms with Crippen LogP contribution < -0.4 is 5.32 Å². The van der Waals surface area contributed by atoms with Crippen LogP contribution in [0.3, 0.4) is 0 Å². The Labute approximate surface area is 120 Å². The molecular formula is C14H19BrF3N. The quantitative estimate of drug-likeness (QED) is 0.686. The predicted octanol–water partition coefficient (Wildman–Crippen LogP) is 5.85. The first-order chi connectivity index (χ1) is 8.88. The molecular weight excluding hydrogens is 319 g/mol. The van der Waals surface area contributed by atoms with Gasteiger partial charge in [0.05, 0.1) is 5.56 Å². The molecule has 0 aromatic heterocycles. The van der Waals surface area contributed by atoms with E-state index in [1.807, 2.05) is 0 Å². The third kappa shape index (κ3) is 5.05. The van der Waals surface area contributed by atoms with Gasteiger partial charge in [-0.15, -0.1) is 0 Å². The van der Waals surface area contributed by atoms with Crippen LogP contribution in [0.1, 0.15) is 45.1 Å². The number of rotatable bonds is 6. The fourth-order valence-corrected chi connectivity index (χ4v) is 2.38. The highest BCUT2D eigenvalue weighted by atomic mass is 79.9. The second-order valence-electron chi connectivity index (χ2n) is 4.61. The normalized spacial score (nSPS) is 11.9. The van der Waals surface area contributed by atoms with Crippen LogP contribution in [0, 0.1) is 0 Å². The molecule has 1 rings (SSSR count). The average molecular weight is 338 g/mol. The van der Waals surface area contributed by atoms with E-state index in [-0.39, 0.29) is 6.04 Å². The lowest BCUT2D eigenvalue weighted by Gasteiger charge is -2.20. The van der Waals surface area contributed by atoms with E-state index in [0.29, 0.717) is 10.2 Å². The summed E-state index contributed by atoms with van der Waals surface area (Å²) in [5, 5.41) is 3.21. The van der Waals surface area contributed by atoms with Gasteiger partial charge >= 0.3 is 6.18 Å². The van der Waals surface area contributed by atoms with Crippen molar-refractivity contribution < 1.29 is 13.2 Å². The fourth-order valence-electron chi connectivity index (χ4n) is 2.02. The van der Waals surface area contributed by atoms with E-state index >= 15 is 0 Å². The molecule has 0 spiro atoms. The minimum atomic E-state index is -4.30. The molecule has 0 saturated carbocycles. The second-order valence-corrected chi connectivity index (χ2v) is 5.47. The Morgan fingerprint density at radius 1 is 1.16 bits per heavy atom. The fraction of sp³-hybridized carbons (Fsp3) is 0.571. The van der Waals surface area contributed by atoms with Crippen molar-refractivity contribution in [1.29, 1.82) is 0 Å². The van der Waals surface area contributed by atoms with E-state index in [4.69, 9.17) is 0 Å². The standard InChI is InChI=1S/C14H19BrF3N/c1-3-5-11(6-4-2)19-13-9-10(14(16,17)18)7-8-12(13)15/h7-9,11,19H,3-6H2,1-2H3. The van der Waals surface area contributed by atoms with Crippen LogP contribution in [0.5, 0.6) is 0 Å². The summed E-state index contributed by atoms with van der Waals surface area (Å²) in [6.07, 6.45) is -0.377. The lowest BCUT2D eigenvalue weighted by molar-refractivity contribution is -0.137. The molecule has 0 radical (unpaired) electrons. The maximum Gasteiger partial charge on any atom is 0.416 e. The summed E-state index contributed by atoms with van der Waals surface area (Å²) < 4.78 is 38.7. The zero-order valence-electron chi connectivity index (χ0n) is 11.1. The van der Waals surface area contributed by atoms with Crippen molar-refractivity contribution in [2.24, 2.45) is 0 Å². The van der Waals surface area contributed by atoms with Gasteiger partial charge in [0.1, 0.15) is 0 Å². The summed E-state index contributed by atoms with van der Waals surface area (Å²) in [6.45, 7) is 4.15. The summed E-state index contributed by atoms with van der Waals surface area (Å²) in [7, 11) is 0. The van der Waals surface area contributed by atoms with E-state index < -0.39 is 11.7 Å². The lowest BCUT2D eigenvalue weighted by Crippen LogP contribution is -2.19. The van der Waals surface area contributed by atoms with Gasteiger partial charge in [-0.3, -0.25) is 0 Å². The van der Waals surface area contributed by atoms with Gasteiger partial charge in [0, 0.05) is 16.2 Å². The Hall–Kier alpha value is -0.710. The monoisotopic (exact) mass is 337 g/mol. The maximum atomic E-state index is 12.7. The van der Waals surface area contributed by atoms with Gasteiger partial charge in [-0.25, -0.2) is 0 Å². The van der Waals surface area contributed by atoms with Crippen molar-refractivity contribution in [3.05, 3.63) is 28.2 Å². The third-order valence-electron chi connectivity index (χ3n) is 2.93. The topological polar surface area (TPSA) is 12.0 Å². The van der Waals surface area contributed by atoms with Crippen molar-refractivity contribution in [1.82, 2.24) is 0 Å². The zero-order valence-corrected chi connectivity index (χ0v) is 12.7. The van der Waals surface area contributed by atoms with E-state index in [2.05, 4.69) is 35.1 Å². The summed E-state index contributed by atoms with van der Waals surface area (Å²) in [5.74, 6) is 0. The van der Waals surface area contributed by atoms with Crippen molar-refractivity contribution in [3.8, 4) is 0 Å². The molecule has 0 aliphatic rings. The lowest BCUT2D eigenvalue weighted by atomic mass is 10.1. The third-order valence-corrected chi connectivity index (χ3v) is 3.62. The van der Waals surface area contributed by atoms with Gasteiger partial charge < -0.3 is 5.32 Å². The molecule has 19 heavy (non-hydrogen) atoms. The van der Waals surface area contributed by atoms with Gasteiger partial charge in [-0.2, -0.15) is 13.2 Å². The molecule has 0 bridgehead atoms. The molecule has 0 heterocycles. The van der Waals surface area contributed by atoms with E-state index in [0.717, 1.165) is 31.7 Å². The van der Waals surface area contributed by atoms with Crippen molar-refractivity contribution in [3.63, 3.8) is 0 Å². The molecule has 5 heteroatoms. The van der Waals surface area contributed by atoms with Crippen LogP contribution >= 0.6 is 15.9 Å². The molecule has 108 valence electrons. The first kappa shape index (κ1) is 16.3. The van der Waals surface area contributed by atoms with Gasteiger partial charge in [-0.05, 0) is 47.0 Å². The maximum absolute atomic E-state index is 12.7. The first-order valence-corrected chi connectivity index (χ1v) is 7.31. The van der Waals surface area contributed by atoms with E-state index in [1.54, 1.807) is 0 Å². The summed E-state index contributed by atoms with van der Waals surface area (Å²) in [5.41, 5.74) is -0.105. The molecule has 1 nitrogen and oxygen atoms in total. The molecule has 1 aromatic carbocycles. The molecule has 0 aliphatic carbocycles. The molecule has 0 fully saturated rings. The number of hydrogen-bond donors (Lipinski definition) is 1. The van der Waals surface area contributed by atoms with Gasteiger partial charge in [-0.1, -0.05) is 26.7 Å². The first-order valence-electron chi connectivity index (χ1n) is 6.51. The highest BCUT2D eigenvalue weighted by Crippen LogP contribution is 2.34. The Balaban J connectivity index is 2.92. The highest BCUT2D eigenvalue weighted by Gasteiger charge is 2.31. The predicted molar refractivity (Wildman–Crippen MR) is 76.4 cm³/mol. The van der Waals surface area contributed by atoms with Crippen LogP contribution in [0.2, 0.25) is 0 Å². The molecule has 0 atom stereocenters. The summed E-state index contributed by atoms with van der Waals surface area (Å²) >= 11 is 3.30. The Bertz CT molecular complexity index is 398. The number of benzene rings is 1. The van der Waals surface area contributed by atoms with Crippen LogP contribution in [0.25, 0.3) is 0 Å². The Morgan fingerprint density at radius 3 is 2.21 bits per heavy atom. The minimum Gasteiger partial charge on any atom is -0.381 e. The number of anilines is 1. The van der Waals surface area contributed by atoms with Gasteiger partial charge in [0.15, 0.2) is 0 Å². The molecule has 1 aromatic rings. The van der Waals surface area contributed by atoms with Crippen LogP contribution in [-0.4, -0.2) is 6.04 Å². The van der Waals surface area contributed by atoms with E-state index in [1.165, 1.54) is 12.1 Å². The largest absolute Gasteiger partial charge is 0.416 e. The van der Waals surface area contributed by atoms with Crippen LogP contribution in [0.4, 0.5) is 18.9 Å². The van der Waals surface area contributed by atoms with Gasteiger partial charge in [0.2, 0.25) is 0 Å². The molecule has 0 saturated heterocycles. The van der Waals surface area contributed by atoms with Gasteiger partial charge in [0.25, 0.3) is 0 Å². The summed E-state index contributed by atoms with van der Waals surface area (Å²) in [6, 6.07) is 3.92. The molecule has 0 aliphatic heterocycles. The highest BCUT2D eigenvalue weighted by molar-refractivity contribution is 9.10. The number of alkyl halides is 3. The number of nitrogens with one attached hydrogen (secondary N) is 1. The van der Waals surface area contributed by atoms with Crippen molar-refractivity contribution in [2.45, 2.75) is 51.7 Å². The van der Waals surface area contributed by atoms with E-state index in [9.17, 15) is 13.2 Å². The Morgan fingerprint density at radius 2 is 1.74 bits per heavy atom. The number of halogens is 4. The second kappa shape index (κ2) is 7.17. The summed E-state index contributed by atoms with van der Waals surface area (Å²) in [4.78, 5) is 0. The van der Waals surface area contributed by atoms with Crippen LogP contribution in [0.15, 0.2) is 22.7 Å². The molecule has 0 amide bonds. The molecule has 0 unspecified atom stereocenters. The smallest absolute Gasteiger partial charge is 0.381 e. The molecule has 1 N–H and O–H groups in total. The van der Waals surface area contributed by atoms with Crippen LogP contribution in [-0.2, 0) is 6.18 Å². The minimum absolute atomic E-state index is 0.217. The number of hydrogen-bond acceptors (Lipinski definition) is 1. The van der Waals surface area contributed by atoms with Crippen molar-refractivity contribution >= 4 is 21.6 Å². The SMILES string of the molecule is CCCC(CCC)Nc1cc(C(F)(F)F)ccc1Br. The average Bonchev–Trinajstić information content (AvgIpc) is 2.31. The van der Waals surface area contributed by atoms with Crippen molar-refractivity contribution in [2.75, 3.05) is 5.32 Å².